The van der Waals surface area contributed by atoms with Gasteiger partial charge in [0.1, 0.15) is 11.1 Å². The number of nitriles is 1. The summed E-state index contributed by atoms with van der Waals surface area (Å²) in [5.74, 6) is -0.297. The van der Waals surface area contributed by atoms with Crippen molar-refractivity contribution in [3.8, 4) is 17.2 Å². The zero-order valence-corrected chi connectivity index (χ0v) is 15.3. The van der Waals surface area contributed by atoms with Gasteiger partial charge in [0.05, 0.1) is 5.56 Å². The molecule has 0 saturated carbocycles. The molecule has 0 unspecified atom stereocenters. The molecular formula is C18H11Cl2N3OS. The highest BCUT2D eigenvalue weighted by molar-refractivity contribution is 7.17. The first kappa shape index (κ1) is 17.4. The van der Waals surface area contributed by atoms with E-state index in [2.05, 4.69) is 16.4 Å². The minimum atomic E-state index is -0.297. The van der Waals surface area contributed by atoms with Gasteiger partial charge in [0.2, 0.25) is 0 Å². The number of anilines is 1. The van der Waals surface area contributed by atoms with E-state index in [-0.39, 0.29) is 5.91 Å². The Morgan fingerprint density at radius 1 is 1.24 bits per heavy atom. The molecule has 0 radical (unpaired) electrons. The van der Waals surface area contributed by atoms with E-state index >= 15 is 0 Å². The third-order valence-electron chi connectivity index (χ3n) is 3.57. The molecule has 0 bridgehead atoms. The van der Waals surface area contributed by atoms with Gasteiger partial charge < -0.3 is 5.32 Å². The van der Waals surface area contributed by atoms with E-state index in [0.717, 1.165) is 4.88 Å². The topological polar surface area (TPSA) is 65.8 Å². The van der Waals surface area contributed by atoms with Gasteiger partial charge in [-0.05, 0) is 31.2 Å². The molecule has 0 fully saturated rings. The number of benzene rings is 1. The van der Waals surface area contributed by atoms with Crippen LogP contribution in [-0.4, -0.2) is 10.9 Å². The van der Waals surface area contributed by atoms with Crippen molar-refractivity contribution >= 4 is 45.4 Å². The highest BCUT2D eigenvalue weighted by atomic mass is 35.5. The monoisotopic (exact) mass is 387 g/mol. The summed E-state index contributed by atoms with van der Waals surface area (Å²) in [5, 5.41) is 13.9. The molecule has 3 rings (SSSR count). The maximum Gasteiger partial charge on any atom is 0.256 e. The summed E-state index contributed by atoms with van der Waals surface area (Å²) < 4.78 is 0. The molecule has 4 nitrogen and oxygen atoms in total. The number of carbonyl (C=O) groups excluding carboxylic acids is 1. The Bertz CT molecular complexity index is 994. The minimum Gasteiger partial charge on any atom is -0.312 e. The molecule has 25 heavy (non-hydrogen) atoms. The number of aryl methyl sites for hydroxylation is 1. The predicted molar refractivity (Wildman–Crippen MR) is 101 cm³/mol. The van der Waals surface area contributed by atoms with Crippen LogP contribution in [0.4, 0.5) is 5.00 Å². The maximum atomic E-state index is 12.4. The smallest absolute Gasteiger partial charge is 0.256 e. The van der Waals surface area contributed by atoms with Gasteiger partial charge in [0, 0.05) is 44.0 Å². The van der Waals surface area contributed by atoms with Crippen molar-refractivity contribution in [2.45, 2.75) is 6.92 Å². The Hall–Kier alpha value is -2.39. The normalized spacial score (nSPS) is 10.3. The van der Waals surface area contributed by atoms with Crippen LogP contribution >= 0.6 is 34.5 Å². The highest BCUT2D eigenvalue weighted by Gasteiger charge is 2.21. The summed E-state index contributed by atoms with van der Waals surface area (Å²) in [4.78, 5) is 17.1. The molecule has 2 aromatic heterocycles. The molecular weight excluding hydrogens is 377 g/mol. The molecule has 3 aromatic rings. The summed E-state index contributed by atoms with van der Waals surface area (Å²) in [6.45, 7) is 1.88. The third kappa shape index (κ3) is 3.52. The van der Waals surface area contributed by atoms with Crippen molar-refractivity contribution in [1.29, 1.82) is 5.26 Å². The van der Waals surface area contributed by atoms with Crippen LogP contribution in [0.2, 0.25) is 10.0 Å². The number of amides is 1. The molecule has 1 N–H and O–H groups in total. The standard InChI is InChI=1S/C18H11Cl2N3OS/c1-10-16(13-3-2-12(19)8-15(13)20)14(9-21)18(25-10)23-17(24)11-4-6-22-7-5-11/h2-8H,1H3,(H,23,24). The van der Waals surface area contributed by atoms with Gasteiger partial charge in [-0.3, -0.25) is 9.78 Å². The van der Waals surface area contributed by atoms with Gasteiger partial charge in [-0.25, -0.2) is 0 Å². The summed E-state index contributed by atoms with van der Waals surface area (Å²) in [5.41, 5.74) is 2.27. The van der Waals surface area contributed by atoms with Gasteiger partial charge in [-0.2, -0.15) is 5.26 Å². The molecule has 0 spiro atoms. The predicted octanol–water partition coefficient (Wildman–Crippen LogP) is 5.55. The maximum absolute atomic E-state index is 12.4. The van der Waals surface area contributed by atoms with Gasteiger partial charge in [-0.1, -0.05) is 29.3 Å². The first-order chi connectivity index (χ1) is 12.0. The summed E-state index contributed by atoms with van der Waals surface area (Å²) in [6.07, 6.45) is 3.08. The second-order valence-electron chi connectivity index (χ2n) is 5.16. The van der Waals surface area contributed by atoms with Gasteiger partial charge >= 0.3 is 0 Å². The second-order valence-corrected chi connectivity index (χ2v) is 7.23. The lowest BCUT2D eigenvalue weighted by Gasteiger charge is -2.06. The van der Waals surface area contributed by atoms with E-state index in [1.165, 1.54) is 11.3 Å². The van der Waals surface area contributed by atoms with E-state index in [4.69, 9.17) is 23.2 Å². The summed E-state index contributed by atoms with van der Waals surface area (Å²) >= 11 is 13.6. The molecule has 0 atom stereocenters. The minimum absolute atomic E-state index is 0.297. The van der Waals surface area contributed by atoms with Crippen molar-refractivity contribution in [2.75, 3.05) is 5.32 Å². The van der Waals surface area contributed by atoms with Crippen LogP contribution in [0.25, 0.3) is 11.1 Å². The number of pyridine rings is 1. The van der Waals surface area contributed by atoms with Crippen LogP contribution in [-0.2, 0) is 0 Å². The van der Waals surface area contributed by atoms with Crippen LogP contribution in [0.15, 0.2) is 42.7 Å². The molecule has 7 heteroatoms. The number of rotatable bonds is 3. The van der Waals surface area contributed by atoms with E-state index in [1.54, 1.807) is 42.7 Å². The molecule has 124 valence electrons. The number of hydrogen-bond donors (Lipinski definition) is 1. The third-order valence-corrected chi connectivity index (χ3v) is 5.13. The zero-order valence-electron chi connectivity index (χ0n) is 13.0. The lowest BCUT2D eigenvalue weighted by Crippen LogP contribution is -2.11. The van der Waals surface area contributed by atoms with Crippen LogP contribution in [0.3, 0.4) is 0 Å². The van der Waals surface area contributed by atoms with Crippen molar-refractivity contribution in [3.05, 3.63) is 68.8 Å². The van der Waals surface area contributed by atoms with Crippen LogP contribution in [0.5, 0.6) is 0 Å². The van der Waals surface area contributed by atoms with E-state index in [9.17, 15) is 10.1 Å². The second kappa shape index (κ2) is 7.24. The zero-order chi connectivity index (χ0) is 18.0. The van der Waals surface area contributed by atoms with Crippen molar-refractivity contribution in [3.63, 3.8) is 0 Å². The Morgan fingerprint density at radius 2 is 1.96 bits per heavy atom. The molecule has 1 amide bonds. The molecule has 0 aliphatic heterocycles. The lowest BCUT2D eigenvalue weighted by atomic mass is 10.0. The van der Waals surface area contributed by atoms with Gasteiger partial charge in [-0.15, -0.1) is 11.3 Å². The largest absolute Gasteiger partial charge is 0.312 e. The number of nitrogens with zero attached hydrogens (tertiary/aromatic N) is 2. The average Bonchev–Trinajstić information content (AvgIpc) is 2.90. The summed E-state index contributed by atoms with van der Waals surface area (Å²) in [6, 6.07) is 10.5. The van der Waals surface area contributed by atoms with Gasteiger partial charge in [0.15, 0.2) is 0 Å². The molecule has 0 saturated heterocycles. The fraction of sp³-hybridized carbons (Fsp3) is 0.0556. The van der Waals surface area contributed by atoms with Crippen molar-refractivity contribution in [1.82, 2.24) is 4.98 Å². The SMILES string of the molecule is Cc1sc(NC(=O)c2ccncc2)c(C#N)c1-c1ccc(Cl)cc1Cl. The van der Waals surface area contributed by atoms with Gasteiger partial charge in [0.25, 0.3) is 5.91 Å². The number of aromatic nitrogens is 1. The molecule has 1 aromatic carbocycles. The Morgan fingerprint density at radius 3 is 2.60 bits per heavy atom. The number of halogens is 2. The quantitative estimate of drug-likeness (QED) is 0.640. The van der Waals surface area contributed by atoms with E-state index < -0.39 is 0 Å². The summed E-state index contributed by atoms with van der Waals surface area (Å²) in [7, 11) is 0. The molecule has 0 aliphatic rings. The lowest BCUT2D eigenvalue weighted by molar-refractivity contribution is 0.102. The number of carbonyl (C=O) groups is 1. The van der Waals surface area contributed by atoms with E-state index in [0.29, 0.717) is 37.3 Å². The Labute approximate surface area is 158 Å². The Balaban J connectivity index is 2.03. The van der Waals surface area contributed by atoms with Crippen LogP contribution < -0.4 is 5.32 Å². The highest BCUT2D eigenvalue weighted by Crippen LogP contribution is 2.42. The van der Waals surface area contributed by atoms with Crippen LogP contribution in [0, 0.1) is 18.3 Å². The molecule has 0 aliphatic carbocycles. The van der Waals surface area contributed by atoms with Crippen molar-refractivity contribution in [2.24, 2.45) is 0 Å². The number of thiophene rings is 1. The Kier molecular flexibility index (Phi) is 5.05. The number of nitrogens with one attached hydrogen (secondary N) is 1. The molecule has 2 heterocycles. The van der Waals surface area contributed by atoms with E-state index in [1.807, 2.05) is 6.92 Å². The average molecular weight is 388 g/mol. The first-order valence-electron chi connectivity index (χ1n) is 7.21. The fourth-order valence-electron chi connectivity index (χ4n) is 2.43. The fourth-order valence-corrected chi connectivity index (χ4v) is 3.95. The van der Waals surface area contributed by atoms with Crippen LogP contribution in [0.1, 0.15) is 20.8 Å². The number of hydrogen-bond acceptors (Lipinski definition) is 4. The van der Waals surface area contributed by atoms with Crippen molar-refractivity contribution < 1.29 is 4.79 Å². The first-order valence-corrected chi connectivity index (χ1v) is 8.78.